The van der Waals surface area contributed by atoms with Gasteiger partial charge in [-0.2, -0.15) is 0 Å². The minimum absolute atomic E-state index is 0.0787. The van der Waals surface area contributed by atoms with Gasteiger partial charge in [-0.25, -0.2) is 0 Å². The SMILES string of the molecule is O=[N+]1C=CNC2C=CN=CC21. The summed E-state index contributed by atoms with van der Waals surface area (Å²) in [6.45, 7) is 0. The van der Waals surface area contributed by atoms with Gasteiger partial charge >= 0.3 is 0 Å². The van der Waals surface area contributed by atoms with Gasteiger partial charge in [0.25, 0.3) is 6.04 Å². The summed E-state index contributed by atoms with van der Waals surface area (Å²) in [7, 11) is 0. The second-order valence-corrected chi connectivity index (χ2v) is 2.50. The third-order valence-corrected chi connectivity index (χ3v) is 1.79. The monoisotopic (exact) mass is 150 g/mol. The number of hydrogen-bond donors (Lipinski definition) is 1. The molecule has 2 aliphatic rings. The summed E-state index contributed by atoms with van der Waals surface area (Å²) in [5.41, 5.74) is 0. The number of hydrogen-bond acceptors (Lipinski definition) is 3. The lowest BCUT2D eigenvalue weighted by Crippen LogP contribution is -2.46. The van der Waals surface area contributed by atoms with Gasteiger partial charge in [0.1, 0.15) is 6.04 Å². The molecule has 0 saturated carbocycles. The summed E-state index contributed by atoms with van der Waals surface area (Å²) in [6.07, 6.45) is 8.33. The smallest absolute Gasteiger partial charge is 0.265 e. The molecule has 2 unspecified atom stereocenters. The minimum Gasteiger partial charge on any atom is -0.373 e. The Labute approximate surface area is 63.9 Å². The number of nitrogens with one attached hydrogen (secondary N) is 1. The summed E-state index contributed by atoms with van der Waals surface area (Å²) in [4.78, 5) is 15.0. The molecule has 0 bridgehead atoms. The van der Waals surface area contributed by atoms with E-state index in [-0.39, 0.29) is 12.1 Å². The van der Waals surface area contributed by atoms with E-state index in [9.17, 15) is 4.91 Å². The number of nitroso groups, excluding NO2 is 1. The Bertz CT molecular complexity index is 267. The van der Waals surface area contributed by atoms with Gasteiger partial charge in [0.05, 0.1) is 12.4 Å². The molecule has 0 aromatic carbocycles. The molecule has 0 saturated heterocycles. The Hall–Kier alpha value is -1.45. The Morgan fingerprint density at radius 3 is 3.27 bits per heavy atom. The van der Waals surface area contributed by atoms with E-state index >= 15 is 0 Å². The van der Waals surface area contributed by atoms with E-state index in [0.717, 1.165) is 4.76 Å². The van der Waals surface area contributed by atoms with E-state index in [1.54, 1.807) is 18.6 Å². The van der Waals surface area contributed by atoms with Crippen molar-refractivity contribution < 1.29 is 4.76 Å². The first kappa shape index (κ1) is 6.27. The summed E-state index contributed by atoms with van der Waals surface area (Å²) in [5, 5.41) is 3.05. The van der Waals surface area contributed by atoms with Crippen LogP contribution in [0.1, 0.15) is 0 Å². The Balaban J connectivity index is 2.30. The first-order valence-electron chi connectivity index (χ1n) is 3.46. The topological polar surface area (TPSA) is 44.5 Å². The summed E-state index contributed by atoms with van der Waals surface area (Å²) in [5.74, 6) is 0. The van der Waals surface area contributed by atoms with Gasteiger partial charge in [0, 0.05) is 15.9 Å². The lowest BCUT2D eigenvalue weighted by molar-refractivity contribution is -0.507. The van der Waals surface area contributed by atoms with Crippen molar-refractivity contribution in [3.63, 3.8) is 0 Å². The van der Waals surface area contributed by atoms with Crippen LogP contribution in [0.5, 0.6) is 0 Å². The molecule has 2 heterocycles. The molecule has 0 aliphatic carbocycles. The van der Waals surface area contributed by atoms with E-state index in [2.05, 4.69) is 10.3 Å². The van der Waals surface area contributed by atoms with Crippen LogP contribution in [0.25, 0.3) is 0 Å². The van der Waals surface area contributed by atoms with Crippen molar-refractivity contribution in [2.75, 3.05) is 0 Å². The second kappa shape index (κ2) is 2.30. The van der Waals surface area contributed by atoms with Crippen molar-refractivity contribution in [3.05, 3.63) is 29.6 Å². The van der Waals surface area contributed by atoms with Crippen LogP contribution in [0.2, 0.25) is 0 Å². The lowest BCUT2D eigenvalue weighted by atomic mass is 10.1. The van der Waals surface area contributed by atoms with Gasteiger partial charge < -0.3 is 5.32 Å². The van der Waals surface area contributed by atoms with Gasteiger partial charge in [-0.1, -0.05) is 0 Å². The molecule has 0 spiro atoms. The molecule has 0 aromatic heterocycles. The van der Waals surface area contributed by atoms with Crippen LogP contribution in [-0.2, 0) is 0 Å². The molecular formula is C7H8N3O+. The van der Waals surface area contributed by atoms with E-state index in [0.29, 0.717) is 0 Å². The van der Waals surface area contributed by atoms with Crippen molar-refractivity contribution in [3.8, 4) is 0 Å². The summed E-state index contributed by atoms with van der Waals surface area (Å²) in [6, 6.07) is -0.0972. The van der Waals surface area contributed by atoms with Crippen molar-refractivity contribution >= 4 is 6.21 Å². The Morgan fingerprint density at radius 2 is 2.45 bits per heavy atom. The van der Waals surface area contributed by atoms with Crippen LogP contribution in [0, 0.1) is 4.91 Å². The third kappa shape index (κ3) is 0.960. The highest BCUT2D eigenvalue weighted by molar-refractivity contribution is 5.67. The molecule has 2 atom stereocenters. The first-order chi connectivity index (χ1) is 5.38. The number of rotatable bonds is 0. The van der Waals surface area contributed by atoms with E-state index in [4.69, 9.17) is 0 Å². The minimum atomic E-state index is -0.176. The van der Waals surface area contributed by atoms with Gasteiger partial charge in [0.2, 0.25) is 6.20 Å². The fourth-order valence-electron chi connectivity index (χ4n) is 1.19. The zero-order chi connectivity index (χ0) is 7.68. The molecule has 2 rings (SSSR count). The van der Waals surface area contributed by atoms with Crippen LogP contribution in [0.15, 0.2) is 29.7 Å². The average Bonchev–Trinajstić information content (AvgIpc) is 2.06. The fourth-order valence-corrected chi connectivity index (χ4v) is 1.19. The summed E-state index contributed by atoms with van der Waals surface area (Å²) < 4.78 is 0.897. The number of nitrogens with zero attached hydrogens (tertiary/aromatic N) is 2. The van der Waals surface area contributed by atoms with Crippen molar-refractivity contribution in [1.82, 2.24) is 5.32 Å². The molecule has 0 radical (unpaired) electrons. The molecular weight excluding hydrogens is 142 g/mol. The van der Waals surface area contributed by atoms with Gasteiger partial charge in [-0.15, -0.1) is 0 Å². The van der Waals surface area contributed by atoms with Crippen LogP contribution in [0.4, 0.5) is 0 Å². The maximum absolute atomic E-state index is 11.1. The molecule has 2 aliphatic heterocycles. The first-order valence-corrected chi connectivity index (χ1v) is 3.46. The fraction of sp³-hybridized carbons (Fsp3) is 0.286. The largest absolute Gasteiger partial charge is 0.373 e. The molecule has 11 heavy (non-hydrogen) atoms. The van der Waals surface area contributed by atoms with Crippen molar-refractivity contribution in [2.24, 2.45) is 4.99 Å². The zero-order valence-electron chi connectivity index (χ0n) is 5.84. The van der Waals surface area contributed by atoms with Gasteiger partial charge in [0.15, 0.2) is 0 Å². The normalized spacial score (nSPS) is 33.3. The Morgan fingerprint density at radius 1 is 1.55 bits per heavy atom. The van der Waals surface area contributed by atoms with Crippen molar-refractivity contribution in [1.29, 1.82) is 0 Å². The molecule has 0 amide bonds. The number of fused-ring (bicyclic) bond motifs is 1. The van der Waals surface area contributed by atoms with Crippen LogP contribution in [0.3, 0.4) is 0 Å². The van der Waals surface area contributed by atoms with Crippen LogP contribution < -0.4 is 5.32 Å². The predicted octanol–water partition coefficient (Wildman–Crippen LogP) is 0.175. The molecule has 56 valence electrons. The van der Waals surface area contributed by atoms with E-state index < -0.39 is 0 Å². The second-order valence-electron chi connectivity index (χ2n) is 2.50. The molecule has 1 N–H and O–H groups in total. The van der Waals surface area contributed by atoms with E-state index in [1.165, 1.54) is 6.20 Å². The maximum atomic E-state index is 11.1. The maximum Gasteiger partial charge on any atom is 0.265 e. The predicted molar refractivity (Wildman–Crippen MR) is 41.1 cm³/mol. The molecule has 0 aromatic rings. The highest BCUT2D eigenvalue weighted by atomic mass is 16.3. The summed E-state index contributed by atoms with van der Waals surface area (Å²) >= 11 is 0. The average molecular weight is 150 g/mol. The van der Waals surface area contributed by atoms with Crippen LogP contribution >= 0.6 is 0 Å². The van der Waals surface area contributed by atoms with Crippen LogP contribution in [-0.4, -0.2) is 23.1 Å². The number of aliphatic imine (C=N–C) groups is 1. The highest BCUT2D eigenvalue weighted by Crippen LogP contribution is 2.07. The zero-order valence-corrected chi connectivity index (χ0v) is 5.84. The van der Waals surface area contributed by atoms with Gasteiger partial charge in [-0.05, 0) is 6.08 Å². The standard InChI is InChI=1S/C7H8N3O/c11-10-4-3-9-6-1-2-8-5-7(6)10/h1-7,9H/q+1. The third-order valence-electron chi connectivity index (χ3n) is 1.79. The van der Waals surface area contributed by atoms with Crippen molar-refractivity contribution in [2.45, 2.75) is 12.1 Å². The highest BCUT2D eigenvalue weighted by Gasteiger charge is 2.33. The lowest BCUT2D eigenvalue weighted by Gasteiger charge is -2.18. The Kier molecular flexibility index (Phi) is 1.31. The molecule has 4 nitrogen and oxygen atoms in total. The molecule has 4 heteroatoms. The quantitative estimate of drug-likeness (QED) is 0.500. The van der Waals surface area contributed by atoms with Gasteiger partial charge in [-0.3, -0.25) is 4.99 Å². The molecule has 0 fully saturated rings. The van der Waals surface area contributed by atoms with E-state index in [1.807, 2.05) is 6.08 Å².